The largest absolute Gasteiger partial charge is 0.497 e. The molecule has 2 rings (SSSR count). The maximum Gasteiger partial charge on any atom is 0.312 e. The van der Waals surface area contributed by atoms with E-state index in [9.17, 15) is 19.5 Å². The quantitative estimate of drug-likeness (QED) is 0.602. The molecule has 0 aliphatic carbocycles. The van der Waals surface area contributed by atoms with E-state index in [0.717, 1.165) is 0 Å². The average molecular weight is 398 g/mol. The lowest BCUT2D eigenvalue weighted by atomic mass is 9.98. The summed E-state index contributed by atoms with van der Waals surface area (Å²) in [6.45, 7) is 3.55. The van der Waals surface area contributed by atoms with Crippen molar-refractivity contribution in [3.63, 3.8) is 0 Å². The molecule has 7 heteroatoms. The Kier molecular flexibility index (Phi) is 7.77. The molecule has 0 radical (unpaired) electrons. The van der Waals surface area contributed by atoms with Gasteiger partial charge in [-0.15, -0.1) is 0 Å². The lowest BCUT2D eigenvalue weighted by Gasteiger charge is -2.23. The summed E-state index contributed by atoms with van der Waals surface area (Å²) < 4.78 is 5.07. The zero-order valence-corrected chi connectivity index (χ0v) is 16.7. The molecule has 0 spiro atoms. The molecule has 2 aromatic rings. The zero-order chi connectivity index (χ0) is 21.4. The van der Waals surface area contributed by atoms with Gasteiger partial charge < -0.3 is 20.5 Å². The lowest BCUT2D eigenvalue weighted by molar-refractivity contribution is -0.138. The SMILES string of the molecule is COc1ccc(C(=O)N[C@H](C(=O)NC[C@@H](C(=O)O)c2ccccc2)C(C)C)cc1. The number of amides is 2. The number of rotatable bonds is 9. The van der Waals surface area contributed by atoms with Crippen LogP contribution < -0.4 is 15.4 Å². The van der Waals surface area contributed by atoms with Gasteiger partial charge in [0.1, 0.15) is 11.8 Å². The smallest absolute Gasteiger partial charge is 0.312 e. The molecule has 0 fully saturated rings. The molecule has 0 bridgehead atoms. The third-order valence-corrected chi connectivity index (χ3v) is 4.57. The van der Waals surface area contributed by atoms with Crippen molar-refractivity contribution in [2.75, 3.05) is 13.7 Å². The Morgan fingerprint density at radius 2 is 1.62 bits per heavy atom. The Hall–Kier alpha value is -3.35. The Balaban J connectivity index is 2.04. The highest BCUT2D eigenvalue weighted by Crippen LogP contribution is 2.15. The molecule has 0 saturated heterocycles. The van der Waals surface area contributed by atoms with Gasteiger partial charge in [0.15, 0.2) is 0 Å². The number of carbonyl (C=O) groups is 3. The van der Waals surface area contributed by atoms with Crippen molar-refractivity contribution in [2.45, 2.75) is 25.8 Å². The summed E-state index contributed by atoms with van der Waals surface area (Å²) in [5.74, 6) is -2.27. The number of carboxylic acid groups (broad SMARTS) is 1. The number of hydrogen-bond donors (Lipinski definition) is 3. The lowest BCUT2D eigenvalue weighted by Crippen LogP contribution is -2.50. The molecular formula is C22H26N2O5. The summed E-state index contributed by atoms with van der Waals surface area (Å²) in [6, 6.07) is 14.5. The van der Waals surface area contributed by atoms with Crippen LogP contribution in [-0.4, -0.2) is 42.6 Å². The van der Waals surface area contributed by atoms with E-state index in [1.54, 1.807) is 54.6 Å². The summed E-state index contributed by atoms with van der Waals surface area (Å²) in [5, 5.41) is 14.9. The van der Waals surface area contributed by atoms with Crippen LogP contribution in [0.4, 0.5) is 0 Å². The first kappa shape index (κ1) is 21.9. The number of carboxylic acids is 1. The number of carbonyl (C=O) groups excluding carboxylic acids is 2. The van der Waals surface area contributed by atoms with Crippen molar-refractivity contribution in [1.29, 1.82) is 0 Å². The molecule has 0 saturated carbocycles. The minimum atomic E-state index is -1.03. The second-order valence-electron chi connectivity index (χ2n) is 6.97. The Bertz CT molecular complexity index is 834. The second kappa shape index (κ2) is 10.3. The van der Waals surface area contributed by atoms with E-state index < -0.39 is 23.8 Å². The van der Waals surface area contributed by atoms with Crippen LogP contribution in [0.2, 0.25) is 0 Å². The molecule has 2 amide bonds. The van der Waals surface area contributed by atoms with Gasteiger partial charge in [0.2, 0.25) is 5.91 Å². The monoisotopic (exact) mass is 398 g/mol. The second-order valence-corrected chi connectivity index (χ2v) is 6.97. The Morgan fingerprint density at radius 3 is 2.14 bits per heavy atom. The van der Waals surface area contributed by atoms with Crippen LogP contribution >= 0.6 is 0 Å². The van der Waals surface area contributed by atoms with E-state index >= 15 is 0 Å². The number of ether oxygens (including phenoxy) is 1. The van der Waals surface area contributed by atoms with E-state index in [4.69, 9.17) is 4.74 Å². The van der Waals surface area contributed by atoms with Crippen LogP contribution in [0.15, 0.2) is 54.6 Å². The number of nitrogens with one attached hydrogen (secondary N) is 2. The summed E-state index contributed by atoms with van der Waals surface area (Å²) in [6.07, 6.45) is 0. The van der Waals surface area contributed by atoms with E-state index in [-0.39, 0.29) is 18.4 Å². The molecule has 29 heavy (non-hydrogen) atoms. The highest BCUT2D eigenvalue weighted by atomic mass is 16.5. The van der Waals surface area contributed by atoms with Crippen LogP contribution in [0.5, 0.6) is 5.75 Å². The number of methoxy groups -OCH3 is 1. The summed E-state index contributed by atoms with van der Waals surface area (Å²) >= 11 is 0. The third-order valence-electron chi connectivity index (χ3n) is 4.57. The molecule has 0 unspecified atom stereocenters. The van der Waals surface area contributed by atoms with Gasteiger partial charge in [0.05, 0.1) is 13.0 Å². The van der Waals surface area contributed by atoms with Gasteiger partial charge >= 0.3 is 5.97 Å². The zero-order valence-electron chi connectivity index (χ0n) is 16.7. The molecule has 0 aliphatic rings. The minimum Gasteiger partial charge on any atom is -0.497 e. The molecule has 0 aromatic heterocycles. The fourth-order valence-electron chi connectivity index (χ4n) is 2.85. The summed E-state index contributed by atoms with van der Waals surface area (Å²) in [5.41, 5.74) is 1.00. The third kappa shape index (κ3) is 6.07. The van der Waals surface area contributed by atoms with E-state index in [1.165, 1.54) is 7.11 Å². The van der Waals surface area contributed by atoms with Crippen LogP contribution in [-0.2, 0) is 9.59 Å². The molecule has 154 valence electrons. The Morgan fingerprint density at radius 1 is 1.00 bits per heavy atom. The van der Waals surface area contributed by atoms with Crippen molar-refractivity contribution in [3.8, 4) is 5.75 Å². The van der Waals surface area contributed by atoms with Crippen molar-refractivity contribution >= 4 is 17.8 Å². The molecule has 2 atom stereocenters. The van der Waals surface area contributed by atoms with Crippen LogP contribution in [0.3, 0.4) is 0 Å². The highest BCUT2D eigenvalue weighted by Gasteiger charge is 2.27. The van der Waals surface area contributed by atoms with Crippen molar-refractivity contribution in [1.82, 2.24) is 10.6 Å². The first-order chi connectivity index (χ1) is 13.8. The van der Waals surface area contributed by atoms with Crippen LogP contribution in [0.25, 0.3) is 0 Å². The van der Waals surface area contributed by atoms with E-state index in [0.29, 0.717) is 16.9 Å². The number of aliphatic carboxylic acids is 1. The fraction of sp³-hybridized carbons (Fsp3) is 0.318. The first-order valence-electron chi connectivity index (χ1n) is 9.33. The maximum absolute atomic E-state index is 12.7. The molecule has 2 aromatic carbocycles. The van der Waals surface area contributed by atoms with E-state index in [1.807, 2.05) is 13.8 Å². The summed E-state index contributed by atoms with van der Waals surface area (Å²) in [4.78, 5) is 36.8. The topological polar surface area (TPSA) is 105 Å². The minimum absolute atomic E-state index is 0.0696. The number of hydrogen-bond acceptors (Lipinski definition) is 4. The maximum atomic E-state index is 12.7. The molecular weight excluding hydrogens is 372 g/mol. The standard InChI is InChI=1S/C22H26N2O5/c1-14(2)19(24-20(25)16-9-11-17(29-3)12-10-16)21(26)23-13-18(22(27)28)15-7-5-4-6-8-15/h4-12,14,18-19H,13H2,1-3H3,(H,23,26)(H,24,25)(H,27,28)/t18-,19+/m1/s1. The van der Waals surface area contributed by atoms with Gasteiger partial charge in [0, 0.05) is 12.1 Å². The van der Waals surface area contributed by atoms with Gasteiger partial charge in [-0.1, -0.05) is 44.2 Å². The molecule has 0 aliphatic heterocycles. The van der Waals surface area contributed by atoms with Crippen LogP contribution in [0.1, 0.15) is 35.7 Å². The highest BCUT2D eigenvalue weighted by molar-refractivity contribution is 5.97. The molecule has 3 N–H and O–H groups in total. The Labute approximate surface area is 170 Å². The van der Waals surface area contributed by atoms with Gasteiger partial charge in [0.25, 0.3) is 5.91 Å². The van der Waals surface area contributed by atoms with Gasteiger partial charge in [-0.2, -0.15) is 0 Å². The predicted molar refractivity (Wildman–Crippen MR) is 109 cm³/mol. The van der Waals surface area contributed by atoms with Crippen molar-refractivity contribution < 1.29 is 24.2 Å². The first-order valence-corrected chi connectivity index (χ1v) is 9.33. The van der Waals surface area contributed by atoms with Gasteiger partial charge in [-0.3, -0.25) is 14.4 Å². The van der Waals surface area contributed by atoms with Gasteiger partial charge in [-0.25, -0.2) is 0 Å². The van der Waals surface area contributed by atoms with Crippen LogP contribution in [0, 0.1) is 5.92 Å². The molecule has 0 heterocycles. The van der Waals surface area contributed by atoms with E-state index in [2.05, 4.69) is 10.6 Å². The fourth-order valence-corrected chi connectivity index (χ4v) is 2.85. The summed E-state index contributed by atoms with van der Waals surface area (Å²) in [7, 11) is 1.54. The van der Waals surface area contributed by atoms with Crippen molar-refractivity contribution in [2.24, 2.45) is 5.92 Å². The number of benzene rings is 2. The predicted octanol–water partition coefficient (Wildman–Crippen LogP) is 2.43. The van der Waals surface area contributed by atoms with Crippen molar-refractivity contribution in [3.05, 3.63) is 65.7 Å². The van der Waals surface area contributed by atoms with Gasteiger partial charge in [-0.05, 0) is 35.7 Å². The normalized spacial score (nSPS) is 12.7. The average Bonchev–Trinajstić information content (AvgIpc) is 2.72. The molecule has 7 nitrogen and oxygen atoms in total.